The van der Waals surface area contributed by atoms with E-state index in [-0.39, 0.29) is 5.75 Å². The minimum atomic E-state index is -2.30. The van der Waals surface area contributed by atoms with Crippen LogP contribution < -0.4 is 5.19 Å². The van der Waals surface area contributed by atoms with Gasteiger partial charge >= 0.3 is 8.56 Å². The summed E-state index contributed by atoms with van der Waals surface area (Å²) >= 11 is 0. The second kappa shape index (κ2) is 6.79. The minimum Gasteiger partial charge on any atom is -0.508 e. The summed E-state index contributed by atoms with van der Waals surface area (Å²) in [7, 11) is -2.30. The molecule has 0 saturated carbocycles. The van der Waals surface area contributed by atoms with E-state index in [9.17, 15) is 5.11 Å². The van der Waals surface area contributed by atoms with E-state index in [1.807, 2.05) is 12.1 Å². The normalized spacial score (nSPS) is 11.7. The van der Waals surface area contributed by atoms with Crippen LogP contribution in [0.2, 0.25) is 6.55 Å². The van der Waals surface area contributed by atoms with Gasteiger partial charge in [0.1, 0.15) is 5.75 Å². The molecule has 3 nitrogen and oxygen atoms in total. The zero-order valence-electron chi connectivity index (χ0n) is 10.9. The Morgan fingerprint density at radius 1 is 1.00 bits per heavy atom. The highest BCUT2D eigenvalue weighted by molar-refractivity contribution is 6.79. The van der Waals surface area contributed by atoms with Crippen molar-refractivity contribution in [1.29, 1.82) is 0 Å². The predicted molar refractivity (Wildman–Crippen MR) is 71.8 cm³/mol. The summed E-state index contributed by atoms with van der Waals surface area (Å²) in [5, 5.41) is 10.4. The van der Waals surface area contributed by atoms with E-state index >= 15 is 0 Å². The van der Waals surface area contributed by atoms with E-state index in [2.05, 4.69) is 20.4 Å². The molecule has 1 aromatic carbocycles. The Morgan fingerprint density at radius 2 is 1.47 bits per heavy atom. The highest BCUT2D eigenvalue weighted by Gasteiger charge is 2.33. The van der Waals surface area contributed by atoms with Gasteiger partial charge in [0.15, 0.2) is 0 Å². The van der Waals surface area contributed by atoms with Crippen LogP contribution in [0.3, 0.4) is 0 Å². The van der Waals surface area contributed by atoms with Crippen LogP contribution in [0.5, 0.6) is 5.75 Å². The Labute approximate surface area is 105 Å². The van der Waals surface area contributed by atoms with E-state index in [4.69, 9.17) is 8.85 Å². The average molecular weight is 254 g/mol. The first-order valence-electron chi connectivity index (χ1n) is 6.19. The number of hydrogen-bond acceptors (Lipinski definition) is 3. The quantitative estimate of drug-likeness (QED) is 0.760. The lowest BCUT2D eigenvalue weighted by Gasteiger charge is -2.27. The van der Waals surface area contributed by atoms with Crippen molar-refractivity contribution in [3.63, 3.8) is 0 Å². The van der Waals surface area contributed by atoms with Gasteiger partial charge in [0.2, 0.25) is 0 Å². The first-order valence-corrected chi connectivity index (χ1v) is 8.51. The summed E-state index contributed by atoms with van der Waals surface area (Å²) in [5.41, 5.74) is 0. The number of phenols is 1. The van der Waals surface area contributed by atoms with Gasteiger partial charge in [0.05, 0.1) is 0 Å². The summed E-state index contributed by atoms with van der Waals surface area (Å²) in [5.74, 6) is 0.274. The molecular weight excluding hydrogens is 232 g/mol. The predicted octanol–water partition coefficient (Wildman–Crippen LogP) is 2.52. The summed E-state index contributed by atoms with van der Waals surface area (Å²) in [6, 6.07) is 7.16. The molecule has 1 N–H and O–H groups in total. The molecule has 0 unspecified atom stereocenters. The van der Waals surface area contributed by atoms with E-state index in [1.165, 1.54) is 0 Å². The van der Waals surface area contributed by atoms with E-state index in [1.54, 1.807) is 12.1 Å². The molecule has 1 aromatic rings. The van der Waals surface area contributed by atoms with E-state index in [0.717, 1.165) is 18.0 Å². The van der Waals surface area contributed by atoms with Gasteiger partial charge in [0, 0.05) is 13.2 Å². The molecule has 0 aliphatic heterocycles. The standard InChI is InChI=1S/C13H22O3Si/c1-4-10-15-17(3,16-11-5-2)13-8-6-12(14)7-9-13/h6-9,14H,4-5,10-11H2,1-3H3. The van der Waals surface area contributed by atoms with Crippen molar-refractivity contribution < 1.29 is 14.0 Å². The van der Waals surface area contributed by atoms with Gasteiger partial charge in [-0.05, 0) is 36.7 Å². The third kappa shape index (κ3) is 4.15. The second-order valence-electron chi connectivity index (χ2n) is 4.19. The molecule has 0 saturated heterocycles. The van der Waals surface area contributed by atoms with Crippen molar-refractivity contribution in [1.82, 2.24) is 0 Å². The van der Waals surface area contributed by atoms with Crippen LogP contribution in [0, 0.1) is 0 Å². The molecular formula is C13H22O3Si. The lowest BCUT2D eigenvalue weighted by Crippen LogP contribution is -2.51. The third-order valence-corrected chi connectivity index (χ3v) is 5.45. The Balaban J connectivity index is 2.83. The molecule has 0 aliphatic carbocycles. The lowest BCUT2D eigenvalue weighted by molar-refractivity contribution is 0.185. The van der Waals surface area contributed by atoms with Crippen LogP contribution in [0.1, 0.15) is 26.7 Å². The zero-order chi connectivity index (χ0) is 12.7. The number of rotatable bonds is 7. The van der Waals surface area contributed by atoms with Crippen LogP contribution in [0.15, 0.2) is 24.3 Å². The van der Waals surface area contributed by atoms with Gasteiger partial charge in [-0.15, -0.1) is 0 Å². The largest absolute Gasteiger partial charge is 0.508 e. The topological polar surface area (TPSA) is 38.7 Å². The van der Waals surface area contributed by atoms with Crippen LogP contribution >= 0.6 is 0 Å². The van der Waals surface area contributed by atoms with Crippen molar-refractivity contribution in [3.8, 4) is 5.75 Å². The molecule has 0 fully saturated rings. The highest BCUT2D eigenvalue weighted by Crippen LogP contribution is 2.12. The molecule has 0 atom stereocenters. The van der Waals surface area contributed by atoms with E-state index in [0.29, 0.717) is 13.2 Å². The Hall–Kier alpha value is -0.843. The van der Waals surface area contributed by atoms with Gasteiger partial charge < -0.3 is 14.0 Å². The molecule has 0 heterocycles. The maximum absolute atomic E-state index is 9.31. The maximum atomic E-state index is 9.31. The van der Waals surface area contributed by atoms with Crippen LogP contribution in [0.25, 0.3) is 0 Å². The van der Waals surface area contributed by atoms with Gasteiger partial charge in [-0.25, -0.2) is 0 Å². The van der Waals surface area contributed by atoms with Crippen molar-refractivity contribution in [2.45, 2.75) is 33.2 Å². The van der Waals surface area contributed by atoms with E-state index < -0.39 is 8.56 Å². The van der Waals surface area contributed by atoms with Crippen molar-refractivity contribution in [3.05, 3.63) is 24.3 Å². The Kier molecular flexibility index (Phi) is 5.68. The maximum Gasteiger partial charge on any atom is 0.369 e. The molecule has 0 radical (unpaired) electrons. The molecule has 0 amide bonds. The first kappa shape index (κ1) is 14.2. The van der Waals surface area contributed by atoms with Crippen LogP contribution in [0.4, 0.5) is 0 Å². The van der Waals surface area contributed by atoms with Crippen molar-refractivity contribution in [2.24, 2.45) is 0 Å². The Bertz CT molecular complexity index is 316. The fourth-order valence-corrected chi connectivity index (χ4v) is 3.94. The molecule has 0 spiro atoms. The molecule has 96 valence electrons. The zero-order valence-corrected chi connectivity index (χ0v) is 11.9. The molecule has 1 rings (SSSR count). The number of benzene rings is 1. The van der Waals surface area contributed by atoms with Crippen LogP contribution in [-0.2, 0) is 8.85 Å². The minimum absolute atomic E-state index is 0.274. The summed E-state index contributed by atoms with van der Waals surface area (Å²) in [6.45, 7) is 7.67. The van der Waals surface area contributed by atoms with Gasteiger partial charge in [-0.1, -0.05) is 26.0 Å². The summed E-state index contributed by atoms with van der Waals surface area (Å²) in [4.78, 5) is 0. The third-order valence-electron chi connectivity index (χ3n) is 2.55. The fraction of sp³-hybridized carbons (Fsp3) is 0.538. The molecule has 0 aromatic heterocycles. The molecule has 0 bridgehead atoms. The second-order valence-corrected chi connectivity index (χ2v) is 7.24. The van der Waals surface area contributed by atoms with Gasteiger partial charge in [0.25, 0.3) is 0 Å². The molecule has 0 aliphatic rings. The SMILES string of the molecule is CCCO[Si](C)(OCCC)c1ccc(O)cc1. The molecule has 17 heavy (non-hydrogen) atoms. The number of aromatic hydroxyl groups is 1. The first-order chi connectivity index (χ1) is 8.12. The number of hydrogen-bond donors (Lipinski definition) is 1. The lowest BCUT2D eigenvalue weighted by atomic mass is 10.3. The summed E-state index contributed by atoms with van der Waals surface area (Å²) < 4.78 is 11.9. The fourth-order valence-electron chi connectivity index (χ4n) is 1.57. The monoisotopic (exact) mass is 254 g/mol. The van der Waals surface area contributed by atoms with Crippen molar-refractivity contribution in [2.75, 3.05) is 13.2 Å². The van der Waals surface area contributed by atoms with Crippen molar-refractivity contribution >= 4 is 13.7 Å². The highest BCUT2D eigenvalue weighted by atomic mass is 28.4. The van der Waals surface area contributed by atoms with Crippen LogP contribution in [-0.4, -0.2) is 26.9 Å². The smallest absolute Gasteiger partial charge is 0.369 e. The molecule has 4 heteroatoms. The van der Waals surface area contributed by atoms with Gasteiger partial charge in [-0.3, -0.25) is 0 Å². The average Bonchev–Trinajstić information content (AvgIpc) is 2.34. The summed E-state index contributed by atoms with van der Waals surface area (Å²) in [6.07, 6.45) is 1.96. The Morgan fingerprint density at radius 3 is 1.88 bits per heavy atom. The van der Waals surface area contributed by atoms with Gasteiger partial charge in [-0.2, -0.15) is 0 Å². The number of phenolic OH excluding ortho intramolecular Hbond substituents is 1.